The summed E-state index contributed by atoms with van der Waals surface area (Å²) < 4.78 is 0. The molecule has 0 bridgehead atoms. The molecule has 0 aromatic heterocycles. The van der Waals surface area contributed by atoms with E-state index in [0.29, 0.717) is 0 Å². The fourth-order valence-electron chi connectivity index (χ4n) is 0.913. The van der Waals surface area contributed by atoms with E-state index in [1.54, 1.807) is 12.1 Å². The highest BCUT2D eigenvalue weighted by Crippen LogP contribution is 2.06. The Labute approximate surface area is 78.9 Å². The van der Waals surface area contributed by atoms with Crippen LogP contribution in [0.2, 0.25) is 0 Å². The Morgan fingerprint density at radius 3 is 1.46 bits per heavy atom. The number of rotatable bonds is 2. The standard InChI is InChI=1S/C8H8N2O2.H3P/c9-7(11)5-3-1-2-4-6(5)8(10)12;/h1-4H,(H2,9,11)(H2,10,12);1H3. The van der Waals surface area contributed by atoms with Crippen LogP contribution in [-0.2, 0) is 0 Å². The van der Waals surface area contributed by atoms with Crippen LogP contribution in [0.5, 0.6) is 0 Å². The quantitative estimate of drug-likeness (QED) is 0.652. The average Bonchev–Trinajstić information content (AvgIpc) is 2.04. The molecule has 0 aliphatic rings. The van der Waals surface area contributed by atoms with Crippen LogP contribution in [0.3, 0.4) is 0 Å². The number of hydrogen-bond donors (Lipinski definition) is 2. The molecule has 0 saturated heterocycles. The molecule has 0 saturated carbocycles. The first kappa shape index (κ1) is 11.6. The minimum Gasteiger partial charge on any atom is -0.366 e. The van der Waals surface area contributed by atoms with Crippen molar-refractivity contribution in [3.8, 4) is 0 Å². The molecular weight excluding hydrogens is 187 g/mol. The number of primary amides is 2. The summed E-state index contributed by atoms with van der Waals surface area (Å²) in [5.74, 6) is -1.30. The number of carbonyl (C=O) groups is 2. The number of nitrogens with two attached hydrogens (primary N) is 2. The van der Waals surface area contributed by atoms with Crippen LogP contribution in [0.25, 0.3) is 0 Å². The minimum absolute atomic E-state index is 0. The summed E-state index contributed by atoms with van der Waals surface area (Å²) in [7, 11) is 0. The van der Waals surface area contributed by atoms with Crippen molar-refractivity contribution in [1.29, 1.82) is 0 Å². The van der Waals surface area contributed by atoms with Crippen LogP contribution in [-0.4, -0.2) is 11.8 Å². The maximum Gasteiger partial charge on any atom is 0.249 e. The summed E-state index contributed by atoms with van der Waals surface area (Å²) >= 11 is 0. The highest BCUT2D eigenvalue weighted by molar-refractivity contribution is 6.92. The van der Waals surface area contributed by atoms with Crippen molar-refractivity contribution in [2.45, 2.75) is 0 Å². The molecule has 1 aromatic rings. The first-order valence-corrected chi connectivity index (χ1v) is 3.31. The van der Waals surface area contributed by atoms with Gasteiger partial charge in [0, 0.05) is 0 Å². The van der Waals surface area contributed by atoms with E-state index in [1.807, 2.05) is 0 Å². The van der Waals surface area contributed by atoms with Gasteiger partial charge in [0.1, 0.15) is 0 Å². The van der Waals surface area contributed by atoms with Crippen molar-refractivity contribution < 1.29 is 9.59 Å². The molecule has 0 radical (unpaired) electrons. The Morgan fingerprint density at radius 2 is 1.23 bits per heavy atom. The van der Waals surface area contributed by atoms with E-state index < -0.39 is 11.8 Å². The molecule has 1 unspecified atom stereocenters. The zero-order valence-electron chi connectivity index (χ0n) is 6.99. The molecule has 5 heteroatoms. The van der Waals surface area contributed by atoms with Crippen molar-refractivity contribution >= 4 is 21.7 Å². The molecule has 4 N–H and O–H groups in total. The molecule has 70 valence electrons. The van der Waals surface area contributed by atoms with Gasteiger partial charge in [0.25, 0.3) is 0 Å². The second kappa shape index (κ2) is 4.58. The van der Waals surface area contributed by atoms with Crippen molar-refractivity contribution in [2.24, 2.45) is 11.5 Å². The molecule has 1 rings (SSSR count). The summed E-state index contributed by atoms with van der Waals surface area (Å²) in [4.78, 5) is 21.5. The fourth-order valence-corrected chi connectivity index (χ4v) is 0.913. The first-order chi connectivity index (χ1) is 5.63. The molecule has 1 aromatic carbocycles. The zero-order valence-corrected chi connectivity index (χ0v) is 8.40. The molecule has 4 nitrogen and oxygen atoms in total. The highest BCUT2D eigenvalue weighted by Gasteiger charge is 2.10. The third-order valence-corrected chi connectivity index (χ3v) is 1.46. The lowest BCUT2D eigenvalue weighted by Gasteiger charge is -2.00. The van der Waals surface area contributed by atoms with E-state index in [2.05, 4.69) is 0 Å². The molecule has 1 atom stereocenters. The van der Waals surface area contributed by atoms with Crippen LogP contribution in [0.4, 0.5) is 0 Å². The van der Waals surface area contributed by atoms with Crippen molar-refractivity contribution in [1.82, 2.24) is 0 Å². The lowest BCUT2D eigenvalue weighted by Crippen LogP contribution is -2.20. The van der Waals surface area contributed by atoms with Gasteiger partial charge < -0.3 is 11.5 Å². The number of amides is 2. The van der Waals surface area contributed by atoms with Crippen LogP contribution in [0.1, 0.15) is 20.7 Å². The Morgan fingerprint density at radius 1 is 0.923 bits per heavy atom. The summed E-state index contributed by atoms with van der Waals surface area (Å²) in [6.07, 6.45) is 0. The molecule has 0 aliphatic carbocycles. The Kier molecular flexibility index (Phi) is 4.08. The van der Waals surface area contributed by atoms with Gasteiger partial charge in [0.15, 0.2) is 0 Å². The number of benzene rings is 1. The van der Waals surface area contributed by atoms with Gasteiger partial charge in [-0.25, -0.2) is 0 Å². The van der Waals surface area contributed by atoms with Crippen molar-refractivity contribution in [2.75, 3.05) is 0 Å². The van der Waals surface area contributed by atoms with E-state index in [4.69, 9.17) is 11.5 Å². The predicted molar refractivity (Wildman–Crippen MR) is 54.6 cm³/mol. The Hall–Kier alpha value is -1.41. The van der Waals surface area contributed by atoms with Crippen molar-refractivity contribution in [3.05, 3.63) is 35.4 Å². The normalized spacial score (nSPS) is 8.62. The minimum atomic E-state index is -0.649. The lowest BCUT2D eigenvalue weighted by molar-refractivity contribution is 0.0967. The van der Waals surface area contributed by atoms with Gasteiger partial charge in [-0.1, -0.05) is 12.1 Å². The molecule has 0 heterocycles. The van der Waals surface area contributed by atoms with Gasteiger partial charge in [-0.2, -0.15) is 9.90 Å². The lowest BCUT2D eigenvalue weighted by atomic mass is 10.1. The number of carbonyl (C=O) groups excluding carboxylic acids is 2. The molecule has 0 spiro atoms. The fraction of sp³-hybridized carbons (Fsp3) is 0. The third-order valence-electron chi connectivity index (χ3n) is 1.46. The van der Waals surface area contributed by atoms with Crippen LogP contribution in [0, 0.1) is 0 Å². The van der Waals surface area contributed by atoms with Crippen molar-refractivity contribution in [3.63, 3.8) is 0 Å². The largest absolute Gasteiger partial charge is 0.366 e. The maximum absolute atomic E-state index is 10.7. The monoisotopic (exact) mass is 198 g/mol. The van der Waals surface area contributed by atoms with Crippen LogP contribution < -0.4 is 11.5 Å². The van der Waals surface area contributed by atoms with Gasteiger partial charge in [0.05, 0.1) is 11.1 Å². The first-order valence-electron chi connectivity index (χ1n) is 3.31. The SMILES string of the molecule is NC(=O)c1ccccc1C(N)=O.P. The highest BCUT2D eigenvalue weighted by atomic mass is 31.0. The van der Waals surface area contributed by atoms with Crippen LogP contribution in [0.15, 0.2) is 24.3 Å². The zero-order chi connectivity index (χ0) is 9.14. The molecule has 0 aliphatic heterocycles. The topological polar surface area (TPSA) is 86.2 Å². The van der Waals surface area contributed by atoms with E-state index in [1.165, 1.54) is 12.1 Å². The van der Waals surface area contributed by atoms with E-state index in [9.17, 15) is 9.59 Å². The Balaban J connectivity index is 0.00000144. The van der Waals surface area contributed by atoms with Gasteiger partial charge in [-0.3, -0.25) is 9.59 Å². The summed E-state index contributed by atoms with van der Waals surface area (Å²) in [6.45, 7) is 0. The molecule has 13 heavy (non-hydrogen) atoms. The molecular formula is C8H11N2O2P. The summed E-state index contributed by atoms with van der Waals surface area (Å²) in [6, 6.07) is 6.16. The number of hydrogen-bond acceptors (Lipinski definition) is 2. The van der Waals surface area contributed by atoms with Gasteiger partial charge in [-0.05, 0) is 12.1 Å². The Bertz CT molecular complexity index is 306. The third kappa shape index (κ3) is 2.53. The maximum atomic E-state index is 10.7. The molecule has 0 fully saturated rings. The van der Waals surface area contributed by atoms with E-state index in [-0.39, 0.29) is 21.0 Å². The smallest absolute Gasteiger partial charge is 0.249 e. The second-order valence-electron chi connectivity index (χ2n) is 2.27. The summed E-state index contributed by atoms with van der Waals surface area (Å²) in [5, 5.41) is 0. The van der Waals surface area contributed by atoms with E-state index >= 15 is 0 Å². The van der Waals surface area contributed by atoms with Gasteiger partial charge in [0.2, 0.25) is 11.8 Å². The predicted octanol–water partition coefficient (Wildman–Crippen LogP) is -0.0575. The second-order valence-corrected chi connectivity index (χ2v) is 2.27. The average molecular weight is 198 g/mol. The van der Waals surface area contributed by atoms with Gasteiger partial charge in [-0.15, -0.1) is 0 Å². The molecule has 2 amide bonds. The summed E-state index contributed by atoms with van der Waals surface area (Å²) in [5.41, 5.74) is 10.3. The van der Waals surface area contributed by atoms with Gasteiger partial charge >= 0.3 is 0 Å². The van der Waals surface area contributed by atoms with E-state index in [0.717, 1.165) is 0 Å². The van der Waals surface area contributed by atoms with Crippen LogP contribution >= 0.6 is 9.90 Å².